The lowest BCUT2D eigenvalue weighted by Gasteiger charge is -2.41. The number of hydrogen-bond acceptors (Lipinski definition) is 4. The van der Waals surface area contributed by atoms with E-state index in [0.29, 0.717) is 24.1 Å². The van der Waals surface area contributed by atoms with Crippen molar-refractivity contribution >= 4 is 10.0 Å². The van der Waals surface area contributed by atoms with E-state index in [1.807, 2.05) is 6.92 Å². The number of nitrogens with zero attached hydrogens (tertiary/aromatic N) is 3. The van der Waals surface area contributed by atoms with E-state index in [9.17, 15) is 8.42 Å². The molecule has 1 atom stereocenters. The van der Waals surface area contributed by atoms with Crippen LogP contribution in [0.2, 0.25) is 0 Å². The first kappa shape index (κ1) is 17.2. The molecule has 124 valence electrons. The Morgan fingerprint density at radius 3 is 2.33 bits per heavy atom. The van der Waals surface area contributed by atoms with Gasteiger partial charge in [-0.05, 0) is 39.2 Å². The van der Waals surface area contributed by atoms with E-state index in [4.69, 9.17) is 0 Å². The molecule has 2 saturated heterocycles. The van der Waals surface area contributed by atoms with Crippen LogP contribution in [0.3, 0.4) is 0 Å². The largest absolute Gasteiger partial charge is 0.304 e. The van der Waals surface area contributed by atoms with E-state index in [2.05, 4.69) is 23.8 Å². The molecule has 0 aliphatic carbocycles. The molecule has 0 aromatic carbocycles. The van der Waals surface area contributed by atoms with E-state index in [1.54, 1.807) is 4.31 Å². The van der Waals surface area contributed by atoms with Crippen molar-refractivity contribution in [3.8, 4) is 0 Å². The molecule has 0 unspecified atom stereocenters. The molecule has 0 bridgehead atoms. The number of sulfonamides is 1. The molecule has 0 aromatic heterocycles. The van der Waals surface area contributed by atoms with Gasteiger partial charge in [0, 0.05) is 45.3 Å². The highest BCUT2D eigenvalue weighted by Crippen LogP contribution is 2.22. The highest BCUT2D eigenvalue weighted by Gasteiger charge is 2.30. The zero-order valence-electron chi connectivity index (χ0n) is 13.8. The SMILES string of the molecule is CCCS(=O)(=O)N1CCC(CN2CCN(C)C[C@H]2C)CC1. The lowest BCUT2D eigenvalue weighted by atomic mass is 9.96. The molecule has 2 heterocycles. The summed E-state index contributed by atoms with van der Waals surface area (Å²) in [6, 6.07) is 0.616. The van der Waals surface area contributed by atoms with Gasteiger partial charge in [-0.1, -0.05) is 6.92 Å². The van der Waals surface area contributed by atoms with Crippen LogP contribution in [0.4, 0.5) is 0 Å². The maximum Gasteiger partial charge on any atom is 0.214 e. The Labute approximate surface area is 130 Å². The van der Waals surface area contributed by atoms with Crippen LogP contribution in [0.5, 0.6) is 0 Å². The Balaban J connectivity index is 1.79. The van der Waals surface area contributed by atoms with Crippen LogP contribution in [0.1, 0.15) is 33.1 Å². The van der Waals surface area contributed by atoms with Gasteiger partial charge in [-0.15, -0.1) is 0 Å². The number of likely N-dealkylation sites (N-methyl/N-ethyl adjacent to an activating group) is 1. The second-order valence-electron chi connectivity index (χ2n) is 6.76. The van der Waals surface area contributed by atoms with Crippen LogP contribution in [0.25, 0.3) is 0 Å². The topological polar surface area (TPSA) is 43.9 Å². The third-order valence-electron chi connectivity index (χ3n) is 4.89. The standard InChI is InChI=1S/C15H31N3O2S/c1-4-11-21(19,20)18-7-5-15(6-8-18)13-17-10-9-16(3)12-14(17)2/h14-15H,4-13H2,1-3H3/t14-/m1/s1. The van der Waals surface area contributed by atoms with Gasteiger partial charge in [-0.25, -0.2) is 12.7 Å². The Hall–Kier alpha value is -0.170. The highest BCUT2D eigenvalue weighted by atomic mass is 32.2. The molecule has 0 aromatic rings. The summed E-state index contributed by atoms with van der Waals surface area (Å²) in [4.78, 5) is 4.97. The molecule has 0 spiro atoms. The summed E-state index contributed by atoms with van der Waals surface area (Å²) in [5, 5.41) is 0. The quantitative estimate of drug-likeness (QED) is 0.761. The lowest BCUT2D eigenvalue weighted by Crippen LogP contribution is -2.52. The predicted octanol–water partition coefficient (Wildman–Crippen LogP) is 1.07. The number of piperazine rings is 1. The van der Waals surface area contributed by atoms with Gasteiger partial charge in [0.05, 0.1) is 5.75 Å². The van der Waals surface area contributed by atoms with Crippen molar-refractivity contribution < 1.29 is 8.42 Å². The summed E-state index contributed by atoms with van der Waals surface area (Å²) in [7, 11) is -0.809. The van der Waals surface area contributed by atoms with Gasteiger partial charge in [0.15, 0.2) is 0 Å². The molecule has 0 N–H and O–H groups in total. The Kier molecular flexibility index (Phi) is 6.05. The summed E-state index contributed by atoms with van der Waals surface area (Å²) in [5.41, 5.74) is 0. The number of hydrogen-bond donors (Lipinski definition) is 0. The molecule has 2 rings (SSSR count). The van der Waals surface area contributed by atoms with Crippen molar-refractivity contribution in [3.63, 3.8) is 0 Å². The molecule has 5 nitrogen and oxygen atoms in total. The van der Waals surface area contributed by atoms with Gasteiger partial charge in [0.1, 0.15) is 0 Å². The molecule has 2 fully saturated rings. The summed E-state index contributed by atoms with van der Waals surface area (Å²) < 4.78 is 25.9. The molecule has 0 saturated carbocycles. The fourth-order valence-corrected chi connectivity index (χ4v) is 5.08. The lowest BCUT2D eigenvalue weighted by molar-refractivity contribution is 0.0750. The van der Waals surface area contributed by atoms with Crippen LogP contribution in [-0.4, -0.2) is 80.6 Å². The van der Waals surface area contributed by atoms with Crippen molar-refractivity contribution in [2.75, 3.05) is 52.1 Å². The number of rotatable bonds is 5. The van der Waals surface area contributed by atoms with Crippen LogP contribution in [0, 0.1) is 5.92 Å². The van der Waals surface area contributed by atoms with Gasteiger partial charge in [-0.3, -0.25) is 4.90 Å². The first-order valence-corrected chi connectivity index (χ1v) is 9.93. The predicted molar refractivity (Wildman–Crippen MR) is 86.9 cm³/mol. The van der Waals surface area contributed by atoms with Crippen molar-refractivity contribution in [1.29, 1.82) is 0 Å². The average Bonchev–Trinajstić information content (AvgIpc) is 2.42. The van der Waals surface area contributed by atoms with Crippen LogP contribution in [-0.2, 0) is 10.0 Å². The van der Waals surface area contributed by atoms with Gasteiger partial charge in [0.2, 0.25) is 10.0 Å². The smallest absolute Gasteiger partial charge is 0.214 e. The monoisotopic (exact) mass is 317 g/mol. The van der Waals surface area contributed by atoms with Crippen molar-refractivity contribution in [1.82, 2.24) is 14.1 Å². The summed E-state index contributed by atoms with van der Waals surface area (Å²) in [6.45, 7) is 10.2. The minimum absolute atomic E-state index is 0.299. The zero-order valence-corrected chi connectivity index (χ0v) is 14.6. The second-order valence-corrected chi connectivity index (χ2v) is 8.85. The average molecular weight is 317 g/mol. The summed E-state index contributed by atoms with van der Waals surface area (Å²) >= 11 is 0. The fourth-order valence-electron chi connectivity index (χ4n) is 3.54. The molecule has 21 heavy (non-hydrogen) atoms. The van der Waals surface area contributed by atoms with Crippen LogP contribution in [0.15, 0.2) is 0 Å². The number of piperidine rings is 1. The summed E-state index contributed by atoms with van der Waals surface area (Å²) in [5.74, 6) is 0.955. The first-order chi connectivity index (χ1) is 9.92. The third kappa shape index (κ3) is 4.65. The third-order valence-corrected chi connectivity index (χ3v) is 6.97. The highest BCUT2D eigenvalue weighted by molar-refractivity contribution is 7.89. The molecule has 0 radical (unpaired) electrons. The van der Waals surface area contributed by atoms with E-state index in [-0.39, 0.29) is 0 Å². The van der Waals surface area contributed by atoms with E-state index < -0.39 is 10.0 Å². The molecule has 6 heteroatoms. The van der Waals surface area contributed by atoms with Crippen molar-refractivity contribution in [2.24, 2.45) is 5.92 Å². The summed E-state index contributed by atoms with van der Waals surface area (Å²) in [6.07, 6.45) is 2.74. The van der Waals surface area contributed by atoms with Crippen molar-refractivity contribution in [2.45, 2.75) is 39.2 Å². The maximum absolute atomic E-state index is 12.1. The van der Waals surface area contributed by atoms with E-state index in [1.165, 1.54) is 0 Å². The Bertz CT molecular complexity index is 419. The Morgan fingerprint density at radius 2 is 1.76 bits per heavy atom. The minimum Gasteiger partial charge on any atom is -0.304 e. The van der Waals surface area contributed by atoms with Gasteiger partial charge in [0.25, 0.3) is 0 Å². The molecular formula is C15H31N3O2S. The zero-order chi connectivity index (χ0) is 15.5. The maximum atomic E-state index is 12.1. The molecule has 2 aliphatic rings. The molecule has 2 aliphatic heterocycles. The van der Waals surface area contributed by atoms with E-state index >= 15 is 0 Å². The van der Waals surface area contributed by atoms with Gasteiger partial charge < -0.3 is 4.90 Å². The molecular weight excluding hydrogens is 286 g/mol. The van der Waals surface area contributed by atoms with Crippen LogP contribution >= 0.6 is 0 Å². The van der Waals surface area contributed by atoms with E-state index in [0.717, 1.165) is 52.1 Å². The first-order valence-electron chi connectivity index (χ1n) is 8.32. The van der Waals surface area contributed by atoms with Crippen LogP contribution < -0.4 is 0 Å². The van der Waals surface area contributed by atoms with Gasteiger partial charge >= 0.3 is 0 Å². The second kappa shape index (κ2) is 7.40. The fraction of sp³-hybridized carbons (Fsp3) is 1.00. The van der Waals surface area contributed by atoms with Gasteiger partial charge in [-0.2, -0.15) is 0 Å². The Morgan fingerprint density at radius 1 is 1.10 bits per heavy atom. The van der Waals surface area contributed by atoms with Crippen molar-refractivity contribution in [3.05, 3.63) is 0 Å². The normalized spacial score (nSPS) is 28.0. The minimum atomic E-state index is -2.99. The molecule has 0 amide bonds.